The smallest absolute Gasteiger partial charge is 0.319 e. The molecule has 2 rings (SSSR count). The Labute approximate surface area is 146 Å². The van der Waals surface area contributed by atoms with Gasteiger partial charge in [0.1, 0.15) is 5.82 Å². The van der Waals surface area contributed by atoms with Crippen LogP contribution in [0.25, 0.3) is 0 Å². The minimum Gasteiger partial charge on any atom is -0.338 e. The van der Waals surface area contributed by atoms with Gasteiger partial charge in [0.05, 0.1) is 4.90 Å². The van der Waals surface area contributed by atoms with Gasteiger partial charge in [-0.3, -0.25) is 0 Å². The Kier molecular flexibility index (Phi) is 6.11. The molecule has 2 aromatic rings. The molecule has 0 spiro atoms. The van der Waals surface area contributed by atoms with Gasteiger partial charge in [0, 0.05) is 12.2 Å². The summed E-state index contributed by atoms with van der Waals surface area (Å²) in [4.78, 5) is 12.0. The average molecular weight is 365 g/mol. The van der Waals surface area contributed by atoms with E-state index in [1.165, 1.54) is 25.2 Å². The zero-order valence-electron chi connectivity index (χ0n) is 14.0. The van der Waals surface area contributed by atoms with E-state index in [1.54, 1.807) is 31.2 Å². The Balaban J connectivity index is 1.95. The van der Waals surface area contributed by atoms with Gasteiger partial charge in [0.2, 0.25) is 10.0 Å². The molecule has 0 radical (unpaired) electrons. The van der Waals surface area contributed by atoms with Gasteiger partial charge in [-0.1, -0.05) is 18.2 Å². The Hall–Kier alpha value is -2.45. The number of nitrogens with one attached hydrogen (secondary N) is 3. The van der Waals surface area contributed by atoms with Gasteiger partial charge < -0.3 is 10.6 Å². The van der Waals surface area contributed by atoms with E-state index in [2.05, 4.69) is 15.4 Å². The second kappa shape index (κ2) is 8.09. The predicted molar refractivity (Wildman–Crippen MR) is 94.5 cm³/mol. The number of hydrogen-bond acceptors (Lipinski definition) is 3. The molecule has 0 aliphatic carbocycles. The van der Waals surface area contributed by atoms with Crippen LogP contribution in [0.15, 0.2) is 47.4 Å². The number of anilines is 1. The maximum Gasteiger partial charge on any atom is 0.319 e. The number of sulfonamides is 1. The van der Waals surface area contributed by atoms with Crippen LogP contribution in [0.2, 0.25) is 0 Å². The van der Waals surface area contributed by atoms with Crippen molar-refractivity contribution in [2.45, 2.75) is 18.2 Å². The molecule has 134 valence electrons. The molecule has 0 heterocycles. The SMILES string of the molecule is CNS(=O)(=O)c1cc(NC(=O)NCCc2cccc(F)c2)ccc1C. The molecule has 3 N–H and O–H groups in total. The largest absolute Gasteiger partial charge is 0.338 e. The topological polar surface area (TPSA) is 87.3 Å². The first-order chi connectivity index (χ1) is 11.8. The molecule has 0 atom stereocenters. The lowest BCUT2D eigenvalue weighted by Gasteiger charge is -2.11. The molecule has 25 heavy (non-hydrogen) atoms. The maximum atomic E-state index is 13.1. The van der Waals surface area contributed by atoms with Gasteiger partial charge in [0.25, 0.3) is 0 Å². The molecule has 0 saturated carbocycles. The summed E-state index contributed by atoms with van der Waals surface area (Å²) in [6.07, 6.45) is 0.485. The summed E-state index contributed by atoms with van der Waals surface area (Å²) >= 11 is 0. The van der Waals surface area contributed by atoms with Gasteiger partial charge in [-0.05, 0) is 55.8 Å². The molecule has 2 aromatic carbocycles. The predicted octanol–water partition coefficient (Wildman–Crippen LogP) is 2.41. The van der Waals surface area contributed by atoms with Crippen LogP contribution in [0.1, 0.15) is 11.1 Å². The van der Waals surface area contributed by atoms with E-state index in [-0.39, 0.29) is 10.7 Å². The Morgan fingerprint density at radius 2 is 1.92 bits per heavy atom. The molecule has 0 unspecified atom stereocenters. The first-order valence-electron chi connectivity index (χ1n) is 7.65. The van der Waals surface area contributed by atoms with Crippen LogP contribution in [0.3, 0.4) is 0 Å². The fraction of sp³-hybridized carbons (Fsp3) is 0.235. The van der Waals surface area contributed by atoms with Crippen LogP contribution < -0.4 is 15.4 Å². The number of carbonyl (C=O) groups is 1. The van der Waals surface area contributed by atoms with Crippen molar-refractivity contribution in [2.75, 3.05) is 18.9 Å². The third-order valence-electron chi connectivity index (χ3n) is 3.59. The second-order valence-corrected chi connectivity index (χ2v) is 7.30. The normalized spacial score (nSPS) is 11.2. The number of aryl methyl sites for hydroxylation is 1. The lowest BCUT2D eigenvalue weighted by atomic mass is 10.1. The number of amides is 2. The van der Waals surface area contributed by atoms with E-state index in [9.17, 15) is 17.6 Å². The summed E-state index contributed by atoms with van der Waals surface area (Å²) in [5.74, 6) is -0.320. The summed E-state index contributed by atoms with van der Waals surface area (Å²) in [7, 11) is -2.27. The number of urea groups is 1. The van der Waals surface area contributed by atoms with E-state index >= 15 is 0 Å². The van der Waals surface area contributed by atoms with Crippen molar-refractivity contribution < 1.29 is 17.6 Å². The fourth-order valence-electron chi connectivity index (χ4n) is 2.27. The number of rotatable bonds is 6. The molecule has 0 saturated heterocycles. The highest BCUT2D eigenvalue weighted by Crippen LogP contribution is 2.19. The number of hydrogen-bond donors (Lipinski definition) is 3. The average Bonchev–Trinajstić information content (AvgIpc) is 2.56. The molecule has 0 aliphatic heterocycles. The fourth-order valence-corrected chi connectivity index (χ4v) is 3.26. The number of halogens is 1. The minimum absolute atomic E-state index is 0.104. The summed E-state index contributed by atoms with van der Waals surface area (Å²) in [5.41, 5.74) is 1.71. The van der Waals surface area contributed by atoms with E-state index in [4.69, 9.17) is 0 Å². The van der Waals surface area contributed by atoms with E-state index in [0.29, 0.717) is 24.2 Å². The third kappa shape index (κ3) is 5.27. The highest BCUT2D eigenvalue weighted by Gasteiger charge is 2.15. The number of benzene rings is 2. The van der Waals surface area contributed by atoms with E-state index in [1.807, 2.05) is 0 Å². The van der Waals surface area contributed by atoms with Gasteiger partial charge in [0.15, 0.2) is 0 Å². The van der Waals surface area contributed by atoms with Crippen molar-refractivity contribution in [3.8, 4) is 0 Å². The zero-order valence-corrected chi connectivity index (χ0v) is 14.8. The maximum absolute atomic E-state index is 13.1. The van der Waals surface area contributed by atoms with Crippen molar-refractivity contribution in [1.29, 1.82) is 0 Å². The Bertz CT molecular complexity index is 869. The molecule has 0 aliphatic rings. The summed E-state index contributed by atoms with van der Waals surface area (Å²) in [6, 6.07) is 10.3. The first kappa shape index (κ1) is 18.9. The lowest BCUT2D eigenvalue weighted by molar-refractivity contribution is 0.252. The molecule has 8 heteroatoms. The minimum atomic E-state index is -3.60. The lowest BCUT2D eigenvalue weighted by Crippen LogP contribution is -2.30. The summed E-state index contributed by atoms with van der Waals surface area (Å²) in [5, 5.41) is 5.24. The van der Waals surface area contributed by atoms with Crippen LogP contribution in [-0.4, -0.2) is 28.0 Å². The molecule has 6 nitrogen and oxygen atoms in total. The molecular weight excluding hydrogens is 345 g/mol. The molecule has 0 aromatic heterocycles. The van der Waals surface area contributed by atoms with E-state index in [0.717, 1.165) is 5.56 Å². The number of carbonyl (C=O) groups excluding carboxylic acids is 1. The molecular formula is C17H20FN3O3S. The third-order valence-corrected chi connectivity index (χ3v) is 5.15. The van der Waals surface area contributed by atoms with Crippen LogP contribution in [0.5, 0.6) is 0 Å². The van der Waals surface area contributed by atoms with Crippen molar-refractivity contribution in [3.63, 3.8) is 0 Å². The van der Waals surface area contributed by atoms with Gasteiger partial charge in [-0.2, -0.15) is 0 Å². The first-order valence-corrected chi connectivity index (χ1v) is 9.13. The zero-order chi connectivity index (χ0) is 18.4. The summed E-state index contributed by atoms with van der Waals surface area (Å²) < 4.78 is 39.2. The summed E-state index contributed by atoms with van der Waals surface area (Å²) in [6.45, 7) is 2.00. The van der Waals surface area contributed by atoms with Gasteiger partial charge >= 0.3 is 6.03 Å². The van der Waals surface area contributed by atoms with Crippen molar-refractivity contribution in [2.24, 2.45) is 0 Å². The van der Waals surface area contributed by atoms with Crippen LogP contribution in [0, 0.1) is 12.7 Å². The van der Waals surface area contributed by atoms with Crippen LogP contribution in [-0.2, 0) is 16.4 Å². The molecule has 0 fully saturated rings. The molecule has 2 amide bonds. The van der Waals surface area contributed by atoms with Crippen LogP contribution in [0.4, 0.5) is 14.9 Å². The Morgan fingerprint density at radius 3 is 2.60 bits per heavy atom. The molecule has 0 bridgehead atoms. The van der Waals surface area contributed by atoms with Gasteiger partial charge in [-0.15, -0.1) is 0 Å². The highest BCUT2D eigenvalue weighted by molar-refractivity contribution is 7.89. The standard InChI is InChI=1S/C17H20FN3O3S/c1-12-6-7-15(11-16(12)25(23,24)19-2)21-17(22)20-9-8-13-4-3-5-14(18)10-13/h3-7,10-11,19H,8-9H2,1-2H3,(H2,20,21,22). The van der Waals surface area contributed by atoms with Crippen LogP contribution >= 0.6 is 0 Å². The van der Waals surface area contributed by atoms with Crippen molar-refractivity contribution in [1.82, 2.24) is 10.0 Å². The Morgan fingerprint density at radius 1 is 1.16 bits per heavy atom. The van der Waals surface area contributed by atoms with Crippen molar-refractivity contribution in [3.05, 3.63) is 59.4 Å². The highest BCUT2D eigenvalue weighted by atomic mass is 32.2. The van der Waals surface area contributed by atoms with Crippen molar-refractivity contribution >= 4 is 21.7 Å². The monoisotopic (exact) mass is 365 g/mol. The van der Waals surface area contributed by atoms with E-state index < -0.39 is 16.1 Å². The van der Waals surface area contributed by atoms with Gasteiger partial charge in [-0.25, -0.2) is 22.3 Å². The quantitative estimate of drug-likeness (QED) is 0.735. The second-order valence-electron chi connectivity index (χ2n) is 5.45.